The molecule has 0 saturated carbocycles. The summed E-state index contributed by atoms with van der Waals surface area (Å²) in [5.74, 6) is 0. The number of benzene rings is 1. The molecule has 1 heterocycles. The van der Waals surface area contributed by atoms with Gasteiger partial charge in [0, 0.05) is 33.3 Å². The third-order valence-electron chi connectivity index (χ3n) is 3.23. The van der Waals surface area contributed by atoms with Crippen molar-refractivity contribution in [1.29, 1.82) is 0 Å². The lowest BCUT2D eigenvalue weighted by molar-refractivity contribution is 0.202. The maximum Gasteiger partial charge on any atom is 0.243 e. The van der Waals surface area contributed by atoms with Gasteiger partial charge in [-0.1, -0.05) is 12.1 Å². The minimum Gasteiger partial charge on any atom is -0.384 e. The van der Waals surface area contributed by atoms with E-state index in [2.05, 4.69) is 5.32 Å². The first-order valence-electron chi connectivity index (χ1n) is 6.43. The minimum absolute atomic E-state index is 0. The van der Waals surface area contributed by atoms with Crippen LogP contribution in [0, 0.1) is 0 Å². The van der Waals surface area contributed by atoms with Crippen LogP contribution in [0.2, 0.25) is 0 Å². The normalized spacial score (nSPS) is 16.6. The summed E-state index contributed by atoms with van der Waals surface area (Å²) in [6.07, 6.45) is 0.796. The van der Waals surface area contributed by atoms with Gasteiger partial charge in [0.2, 0.25) is 10.0 Å². The number of methoxy groups -OCH3 is 1. The molecule has 1 saturated heterocycles. The molecule has 1 N–H and O–H groups in total. The van der Waals surface area contributed by atoms with Gasteiger partial charge in [0.25, 0.3) is 0 Å². The lowest BCUT2D eigenvalue weighted by Crippen LogP contribution is -2.46. The first-order chi connectivity index (χ1) is 9.14. The van der Waals surface area contributed by atoms with E-state index < -0.39 is 10.0 Å². The predicted octanol–water partition coefficient (Wildman–Crippen LogP) is 0.891. The molecule has 0 aliphatic carbocycles. The van der Waals surface area contributed by atoms with Crippen molar-refractivity contribution >= 4 is 22.4 Å². The number of rotatable bonds is 5. The van der Waals surface area contributed by atoms with Crippen molar-refractivity contribution in [3.63, 3.8) is 0 Å². The van der Waals surface area contributed by atoms with Crippen molar-refractivity contribution in [2.75, 3.05) is 39.9 Å². The molecule has 20 heavy (non-hydrogen) atoms. The average molecular weight is 321 g/mol. The number of nitrogens with zero attached hydrogens (tertiary/aromatic N) is 1. The number of ether oxygens (including phenoxy) is 1. The van der Waals surface area contributed by atoms with Crippen LogP contribution in [-0.4, -0.2) is 52.6 Å². The van der Waals surface area contributed by atoms with Gasteiger partial charge < -0.3 is 10.1 Å². The summed E-state index contributed by atoms with van der Waals surface area (Å²) >= 11 is 0. The van der Waals surface area contributed by atoms with Crippen LogP contribution in [0.3, 0.4) is 0 Å². The summed E-state index contributed by atoms with van der Waals surface area (Å²) in [5, 5.41) is 3.15. The number of sulfonamides is 1. The van der Waals surface area contributed by atoms with E-state index >= 15 is 0 Å². The van der Waals surface area contributed by atoms with E-state index in [1.807, 2.05) is 12.1 Å². The fraction of sp³-hybridized carbons (Fsp3) is 0.538. The monoisotopic (exact) mass is 320 g/mol. The molecular weight excluding hydrogens is 300 g/mol. The number of nitrogens with one attached hydrogen (secondary N) is 1. The molecule has 1 aromatic carbocycles. The highest BCUT2D eigenvalue weighted by molar-refractivity contribution is 7.89. The van der Waals surface area contributed by atoms with E-state index in [1.54, 1.807) is 19.2 Å². The van der Waals surface area contributed by atoms with E-state index in [9.17, 15) is 8.42 Å². The molecule has 1 aliphatic rings. The standard InChI is InChI=1S/C13H20N2O3S.ClH/c1-18-11-6-12-2-4-13(5-3-12)19(16,17)15-9-7-14-8-10-15;/h2-5,14H,6-11H2,1H3;1H. The Morgan fingerprint density at radius 1 is 1.20 bits per heavy atom. The molecule has 7 heteroatoms. The van der Waals surface area contributed by atoms with Crippen molar-refractivity contribution < 1.29 is 13.2 Å². The minimum atomic E-state index is -3.34. The van der Waals surface area contributed by atoms with Crippen LogP contribution in [-0.2, 0) is 21.2 Å². The zero-order valence-corrected chi connectivity index (χ0v) is 13.2. The average Bonchev–Trinajstić information content (AvgIpc) is 2.46. The Balaban J connectivity index is 0.00000200. The molecule has 0 atom stereocenters. The Bertz CT molecular complexity index is 499. The van der Waals surface area contributed by atoms with E-state index in [1.165, 1.54) is 4.31 Å². The van der Waals surface area contributed by atoms with Gasteiger partial charge in [-0.3, -0.25) is 0 Å². The molecule has 0 amide bonds. The quantitative estimate of drug-likeness (QED) is 0.875. The second-order valence-corrected chi connectivity index (χ2v) is 6.48. The lowest BCUT2D eigenvalue weighted by atomic mass is 10.2. The summed E-state index contributed by atoms with van der Waals surface area (Å²) in [6, 6.07) is 7.08. The van der Waals surface area contributed by atoms with E-state index in [-0.39, 0.29) is 12.4 Å². The maximum absolute atomic E-state index is 12.4. The van der Waals surface area contributed by atoms with Crippen LogP contribution in [0.25, 0.3) is 0 Å². The Morgan fingerprint density at radius 2 is 1.80 bits per heavy atom. The number of halogens is 1. The number of hydrogen-bond donors (Lipinski definition) is 1. The molecule has 1 aliphatic heterocycles. The third kappa shape index (κ3) is 4.17. The van der Waals surface area contributed by atoms with Gasteiger partial charge >= 0.3 is 0 Å². The molecule has 0 spiro atoms. The predicted molar refractivity (Wildman–Crippen MR) is 80.9 cm³/mol. The summed E-state index contributed by atoms with van der Waals surface area (Å²) in [4.78, 5) is 0.371. The highest BCUT2D eigenvalue weighted by Crippen LogP contribution is 2.17. The van der Waals surface area contributed by atoms with Crippen molar-refractivity contribution in [3.8, 4) is 0 Å². The summed E-state index contributed by atoms with van der Waals surface area (Å²) in [6.45, 7) is 3.14. The van der Waals surface area contributed by atoms with Crippen molar-refractivity contribution in [2.45, 2.75) is 11.3 Å². The molecule has 0 radical (unpaired) electrons. The Morgan fingerprint density at radius 3 is 2.35 bits per heavy atom. The van der Waals surface area contributed by atoms with Crippen LogP contribution in [0.4, 0.5) is 0 Å². The van der Waals surface area contributed by atoms with Crippen LogP contribution in [0.5, 0.6) is 0 Å². The maximum atomic E-state index is 12.4. The van der Waals surface area contributed by atoms with E-state index in [4.69, 9.17) is 4.74 Å². The second-order valence-electron chi connectivity index (χ2n) is 4.54. The largest absolute Gasteiger partial charge is 0.384 e. The molecule has 114 valence electrons. The second kappa shape index (κ2) is 7.95. The molecule has 2 rings (SSSR count). The van der Waals surface area contributed by atoms with Gasteiger partial charge in [0.05, 0.1) is 11.5 Å². The lowest BCUT2D eigenvalue weighted by Gasteiger charge is -2.26. The molecule has 1 aromatic rings. The van der Waals surface area contributed by atoms with E-state index in [0.29, 0.717) is 37.7 Å². The fourth-order valence-corrected chi connectivity index (χ4v) is 3.52. The van der Waals surface area contributed by atoms with Crippen molar-refractivity contribution in [3.05, 3.63) is 29.8 Å². The Hall–Kier alpha value is -0.660. The van der Waals surface area contributed by atoms with Gasteiger partial charge in [0.1, 0.15) is 0 Å². The SMILES string of the molecule is COCCc1ccc(S(=O)(=O)N2CCNCC2)cc1.Cl. The number of hydrogen-bond acceptors (Lipinski definition) is 4. The first kappa shape index (κ1) is 17.4. The Kier molecular flexibility index (Phi) is 6.91. The first-order valence-corrected chi connectivity index (χ1v) is 7.87. The molecule has 0 bridgehead atoms. The van der Waals surface area contributed by atoms with Gasteiger partial charge in [-0.05, 0) is 24.1 Å². The summed E-state index contributed by atoms with van der Waals surface area (Å²) < 4.78 is 31.3. The molecule has 0 aromatic heterocycles. The van der Waals surface area contributed by atoms with Crippen molar-refractivity contribution in [2.24, 2.45) is 0 Å². The van der Waals surface area contributed by atoms with Crippen molar-refractivity contribution in [1.82, 2.24) is 9.62 Å². The smallest absolute Gasteiger partial charge is 0.243 e. The van der Waals surface area contributed by atoms with E-state index in [0.717, 1.165) is 12.0 Å². The van der Waals surface area contributed by atoms with Crippen LogP contribution in [0.1, 0.15) is 5.56 Å². The molecular formula is C13H21ClN2O3S. The highest BCUT2D eigenvalue weighted by Gasteiger charge is 2.25. The van der Waals surface area contributed by atoms with Gasteiger partial charge in [-0.15, -0.1) is 12.4 Å². The van der Waals surface area contributed by atoms with Gasteiger partial charge in [-0.2, -0.15) is 4.31 Å². The zero-order valence-electron chi connectivity index (χ0n) is 11.5. The molecule has 5 nitrogen and oxygen atoms in total. The summed E-state index contributed by atoms with van der Waals surface area (Å²) in [5.41, 5.74) is 1.08. The summed E-state index contributed by atoms with van der Waals surface area (Å²) in [7, 11) is -1.68. The van der Waals surface area contributed by atoms with Gasteiger partial charge in [-0.25, -0.2) is 8.42 Å². The fourth-order valence-electron chi connectivity index (χ4n) is 2.08. The van der Waals surface area contributed by atoms with Gasteiger partial charge in [0.15, 0.2) is 0 Å². The topological polar surface area (TPSA) is 58.6 Å². The zero-order chi connectivity index (χ0) is 13.7. The van der Waals surface area contributed by atoms with Crippen LogP contribution in [0.15, 0.2) is 29.2 Å². The molecule has 0 unspecified atom stereocenters. The molecule has 1 fully saturated rings. The van der Waals surface area contributed by atoms with Crippen LogP contribution < -0.4 is 5.32 Å². The van der Waals surface area contributed by atoms with Crippen LogP contribution >= 0.6 is 12.4 Å². The Labute approximate surface area is 126 Å². The third-order valence-corrected chi connectivity index (χ3v) is 5.14. The highest BCUT2D eigenvalue weighted by atomic mass is 35.5. The number of piperazine rings is 1.